The summed E-state index contributed by atoms with van der Waals surface area (Å²) in [4.78, 5) is 21.5. The Bertz CT molecular complexity index is 1020. The van der Waals surface area contributed by atoms with Crippen molar-refractivity contribution >= 4 is 23.0 Å². The maximum Gasteiger partial charge on any atom is 0.298 e. The number of carbonyl (C=O) groups excluding carboxylic acids is 1. The van der Waals surface area contributed by atoms with Crippen LogP contribution in [0.2, 0.25) is 0 Å². The van der Waals surface area contributed by atoms with Crippen LogP contribution in [0.1, 0.15) is 24.0 Å². The highest BCUT2D eigenvalue weighted by molar-refractivity contribution is 5.79. The van der Waals surface area contributed by atoms with Crippen LogP contribution in [-0.4, -0.2) is 35.4 Å². The third kappa shape index (κ3) is 3.13. The second-order valence-corrected chi connectivity index (χ2v) is 7.65. The van der Waals surface area contributed by atoms with Crippen molar-refractivity contribution in [2.75, 3.05) is 24.5 Å². The Kier molecular flexibility index (Phi) is 4.26. The molecule has 3 heterocycles. The lowest BCUT2D eigenvalue weighted by Crippen LogP contribution is -2.44. The maximum atomic E-state index is 13.4. The van der Waals surface area contributed by atoms with Gasteiger partial charge in [0.2, 0.25) is 5.91 Å². The summed E-state index contributed by atoms with van der Waals surface area (Å²) in [5.74, 6) is -0.0280. The molecule has 1 fully saturated rings. The Morgan fingerprint density at radius 1 is 1.07 bits per heavy atom. The quantitative estimate of drug-likeness (QED) is 0.680. The molecule has 2 aliphatic heterocycles. The summed E-state index contributed by atoms with van der Waals surface area (Å²) in [6, 6.07) is 13.3. The molecule has 0 unspecified atom stereocenters. The molecule has 0 spiro atoms. The fourth-order valence-corrected chi connectivity index (χ4v) is 4.28. The first kappa shape index (κ1) is 17.2. The van der Waals surface area contributed by atoms with Crippen molar-refractivity contribution in [3.63, 3.8) is 0 Å². The highest BCUT2D eigenvalue weighted by atomic mass is 19.1. The molecule has 0 N–H and O–H groups in total. The number of benzene rings is 2. The van der Waals surface area contributed by atoms with Crippen molar-refractivity contribution in [3.05, 3.63) is 59.4 Å². The SMILES string of the molecule is O=C(C1CCN(c2nc3ccc(F)cc3o2)CC1)N1CCc2ccccc2C1. The predicted octanol–water partition coefficient (Wildman–Crippen LogP) is 3.77. The lowest BCUT2D eigenvalue weighted by Gasteiger charge is -2.35. The van der Waals surface area contributed by atoms with Crippen LogP contribution < -0.4 is 4.90 Å². The average molecular weight is 379 g/mol. The van der Waals surface area contributed by atoms with E-state index in [1.54, 1.807) is 6.07 Å². The number of piperidine rings is 1. The van der Waals surface area contributed by atoms with Gasteiger partial charge in [0.1, 0.15) is 11.3 Å². The number of rotatable bonds is 2. The summed E-state index contributed by atoms with van der Waals surface area (Å²) in [7, 11) is 0. The van der Waals surface area contributed by atoms with E-state index in [-0.39, 0.29) is 17.6 Å². The smallest absolute Gasteiger partial charge is 0.298 e. The van der Waals surface area contributed by atoms with Gasteiger partial charge in [0.25, 0.3) is 6.01 Å². The lowest BCUT2D eigenvalue weighted by atomic mass is 9.93. The van der Waals surface area contributed by atoms with E-state index in [2.05, 4.69) is 23.2 Å². The highest BCUT2D eigenvalue weighted by Gasteiger charge is 2.31. The van der Waals surface area contributed by atoms with Gasteiger partial charge in [-0.2, -0.15) is 4.98 Å². The molecule has 0 aliphatic carbocycles. The van der Waals surface area contributed by atoms with E-state index < -0.39 is 0 Å². The van der Waals surface area contributed by atoms with E-state index in [1.165, 1.54) is 23.3 Å². The predicted molar refractivity (Wildman–Crippen MR) is 104 cm³/mol. The van der Waals surface area contributed by atoms with Crippen LogP contribution in [-0.2, 0) is 17.8 Å². The van der Waals surface area contributed by atoms with Crippen LogP contribution >= 0.6 is 0 Å². The number of nitrogens with zero attached hydrogens (tertiary/aromatic N) is 3. The van der Waals surface area contributed by atoms with Crippen LogP contribution in [0.5, 0.6) is 0 Å². The van der Waals surface area contributed by atoms with Crippen molar-refractivity contribution in [1.82, 2.24) is 9.88 Å². The molecule has 3 aromatic rings. The summed E-state index contributed by atoms with van der Waals surface area (Å²) < 4.78 is 19.1. The first-order valence-electron chi connectivity index (χ1n) is 9.84. The number of hydrogen-bond donors (Lipinski definition) is 0. The molecule has 0 saturated carbocycles. The van der Waals surface area contributed by atoms with Crippen molar-refractivity contribution in [2.45, 2.75) is 25.8 Å². The van der Waals surface area contributed by atoms with Gasteiger partial charge in [-0.25, -0.2) is 4.39 Å². The normalized spacial score (nSPS) is 17.8. The second kappa shape index (κ2) is 6.93. The van der Waals surface area contributed by atoms with Gasteiger partial charge in [0, 0.05) is 38.2 Å². The molecule has 144 valence electrons. The number of amides is 1. The second-order valence-electron chi connectivity index (χ2n) is 7.65. The van der Waals surface area contributed by atoms with Gasteiger partial charge in [-0.3, -0.25) is 4.79 Å². The molecular formula is C22H22FN3O2. The standard InChI is InChI=1S/C22H22FN3O2/c23-18-5-6-19-20(13-18)28-22(24-19)25-10-8-16(9-11-25)21(27)26-12-7-15-3-1-2-4-17(15)14-26/h1-6,13,16H,7-12,14H2. The van der Waals surface area contributed by atoms with Crippen LogP contribution in [0.4, 0.5) is 10.4 Å². The number of carbonyl (C=O) groups is 1. The average Bonchev–Trinajstić information content (AvgIpc) is 3.16. The zero-order chi connectivity index (χ0) is 19.1. The Labute approximate surface area is 162 Å². The molecule has 1 aromatic heterocycles. The monoisotopic (exact) mass is 379 g/mol. The minimum absolute atomic E-state index is 0.0448. The molecule has 0 atom stereocenters. The third-order valence-electron chi connectivity index (χ3n) is 5.90. The molecule has 6 heteroatoms. The van der Waals surface area contributed by atoms with Crippen LogP contribution in [0, 0.1) is 11.7 Å². The minimum atomic E-state index is -0.331. The molecule has 0 radical (unpaired) electrons. The Morgan fingerprint density at radius 2 is 1.86 bits per heavy atom. The van der Waals surface area contributed by atoms with Crippen molar-refractivity contribution in [3.8, 4) is 0 Å². The molecule has 1 saturated heterocycles. The van der Waals surface area contributed by atoms with Gasteiger partial charge < -0.3 is 14.2 Å². The number of oxazole rings is 1. The number of halogens is 1. The van der Waals surface area contributed by atoms with Gasteiger partial charge in [-0.15, -0.1) is 0 Å². The summed E-state index contributed by atoms with van der Waals surface area (Å²) >= 11 is 0. The molecule has 5 rings (SSSR count). The molecular weight excluding hydrogens is 357 g/mol. The van der Waals surface area contributed by atoms with Gasteiger partial charge in [-0.05, 0) is 42.5 Å². The summed E-state index contributed by atoms with van der Waals surface area (Å²) in [5, 5.41) is 0. The number of hydrogen-bond acceptors (Lipinski definition) is 4. The van der Waals surface area contributed by atoms with E-state index in [0.717, 1.165) is 38.9 Å². The molecule has 1 amide bonds. The fraction of sp³-hybridized carbons (Fsp3) is 0.364. The van der Waals surface area contributed by atoms with E-state index in [1.807, 2.05) is 15.9 Å². The largest absolute Gasteiger partial charge is 0.423 e. The van der Waals surface area contributed by atoms with E-state index in [4.69, 9.17) is 4.42 Å². The highest BCUT2D eigenvalue weighted by Crippen LogP contribution is 2.29. The van der Waals surface area contributed by atoms with Gasteiger partial charge in [0.05, 0.1) is 0 Å². The number of anilines is 1. The van der Waals surface area contributed by atoms with Crippen molar-refractivity contribution in [2.24, 2.45) is 5.92 Å². The number of aromatic nitrogens is 1. The summed E-state index contributed by atoms with van der Waals surface area (Å²) in [5.41, 5.74) is 3.73. The van der Waals surface area contributed by atoms with E-state index in [0.29, 0.717) is 23.7 Å². The van der Waals surface area contributed by atoms with Gasteiger partial charge in [-0.1, -0.05) is 24.3 Å². The molecule has 2 aliphatic rings. The molecule has 28 heavy (non-hydrogen) atoms. The van der Waals surface area contributed by atoms with Gasteiger partial charge in [0.15, 0.2) is 5.58 Å². The summed E-state index contributed by atoms with van der Waals surface area (Å²) in [6.07, 6.45) is 2.49. The Morgan fingerprint density at radius 3 is 2.68 bits per heavy atom. The first-order chi connectivity index (χ1) is 13.7. The van der Waals surface area contributed by atoms with Crippen molar-refractivity contribution < 1.29 is 13.6 Å². The van der Waals surface area contributed by atoms with E-state index in [9.17, 15) is 9.18 Å². The van der Waals surface area contributed by atoms with Crippen LogP contribution in [0.3, 0.4) is 0 Å². The zero-order valence-corrected chi connectivity index (χ0v) is 15.6. The first-order valence-corrected chi connectivity index (χ1v) is 9.84. The lowest BCUT2D eigenvalue weighted by molar-refractivity contribution is -0.137. The Hall–Kier alpha value is -2.89. The van der Waals surface area contributed by atoms with Crippen LogP contribution in [0.25, 0.3) is 11.1 Å². The van der Waals surface area contributed by atoms with E-state index >= 15 is 0 Å². The fourth-order valence-electron chi connectivity index (χ4n) is 4.28. The Balaban J connectivity index is 1.23. The minimum Gasteiger partial charge on any atom is -0.423 e. The molecule has 2 aromatic carbocycles. The van der Waals surface area contributed by atoms with Crippen molar-refractivity contribution in [1.29, 1.82) is 0 Å². The van der Waals surface area contributed by atoms with Crippen LogP contribution in [0.15, 0.2) is 46.9 Å². The molecule has 0 bridgehead atoms. The third-order valence-corrected chi connectivity index (χ3v) is 5.90. The molecule has 5 nitrogen and oxygen atoms in total. The topological polar surface area (TPSA) is 49.6 Å². The maximum absolute atomic E-state index is 13.4. The summed E-state index contributed by atoms with van der Waals surface area (Å²) in [6.45, 7) is 2.95. The zero-order valence-electron chi connectivity index (χ0n) is 15.6. The van der Waals surface area contributed by atoms with Gasteiger partial charge >= 0.3 is 0 Å². The number of fused-ring (bicyclic) bond motifs is 2.